The molecule has 3 aliphatic heterocycles. The molecule has 1 aliphatic carbocycles. The molecule has 1 atom stereocenters. The van der Waals surface area contributed by atoms with Crippen molar-refractivity contribution in [1.82, 2.24) is 15.5 Å². The number of rotatable bonds is 6. The largest absolute Gasteiger partial charge is 0.381 e. The normalized spacial score (nSPS) is 28.4. The lowest BCUT2D eigenvalue weighted by Crippen LogP contribution is -2.54. The standard InChI is InChI=1S/C23H28N4O5/c28-19-5-4-18(21(29)26-19)27-22(30)16-2-1-3-17(20(16)23(27)31)25-14-10-15(11-14)32-12-13-6-8-24-9-7-13/h1-3,13-15,18,24-25H,4-12H2,(H,26,28,29)/t14-,15-,18?. The van der Waals surface area contributed by atoms with Gasteiger partial charge in [-0.1, -0.05) is 6.07 Å². The van der Waals surface area contributed by atoms with E-state index < -0.39 is 23.8 Å². The van der Waals surface area contributed by atoms with Crippen LogP contribution < -0.4 is 16.0 Å². The highest BCUT2D eigenvalue weighted by atomic mass is 16.5. The summed E-state index contributed by atoms with van der Waals surface area (Å²) in [5, 5.41) is 8.98. The van der Waals surface area contributed by atoms with E-state index in [2.05, 4.69) is 16.0 Å². The fraction of sp³-hybridized carbons (Fsp3) is 0.565. The lowest BCUT2D eigenvalue weighted by molar-refractivity contribution is -0.136. The molecule has 1 saturated carbocycles. The zero-order chi connectivity index (χ0) is 22.2. The molecular formula is C23H28N4O5. The van der Waals surface area contributed by atoms with Gasteiger partial charge in [0.1, 0.15) is 6.04 Å². The molecule has 3 heterocycles. The Hall–Kier alpha value is -2.78. The van der Waals surface area contributed by atoms with Crippen molar-refractivity contribution in [2.75, 3.05) is 25.0 Å². The van der Waals surface area contributed by atoms with Gasteiger partial charge in [0.15, 0.2) is 0 Å². The summed E-state index contributed by atoms with van der Waals surface area (Å²) in [6, 6.07) is 4.36. The van der Waals surface area contributed by atoms with Gasteiger partial charge >= 0.3 is 0 Å². The maximum Gasteiger partial charge on any atom is 0.264 e. The van der Waals surface area contributed by atoms with Gasteiger partial charge in [0, 0.05) is 24.8 Å². The molecule has 1 aromatic rings. The number of carbonyl (C=O) groups is 4. The summed E-state index contributed by atoms with van der Waals surface area (Å²) in [5.74, 6) is -1.33. The number of imide groups is 2. The lowest BCUT2D eigenvalue weighted by atomic mass is 9.88. The van der Waals surface area contributed by atoms with Crippen molar-refractivity contribution < 1.29 is 23.9 Å². The van der Waals surface area contributed by atoms with E-state index in [-0.39, 0.29) is 30.9 Å². The van der Waals surface area contributed by atoms with Gasteiger partial charge < -0.3 is 15.4 Å². The van der Waals surface area contributed by atoms with Gasteiger partial charge in [0.2, 0.25) is 11.8 Å². The lowest BCUT2D eigenvalue weighted by Gasteiger charge is -2.37. The SMILES string of the molecule is O=C1CCC(N2C(=O)c3cccc(N[C@H]4C[C@H](OCC5CCNCC5)C4)c3C2=O)C(=O)N1. The molecule has 9 heteroatoms. The van der Waals surface area contributed by atoms with E-state index in [1.807, 2.05) is 0 Å². The van der Waals surface area contributed by atoms with Crippen molar-refractivity contribution >= 4 is 29.3 Å². The smallest absolute Gasteiger partial charge is 0.264 e. The summed E-state index contributed by atoms with van der Waals surface area (Å²) in [4.78, 5) is 50.8. The van der Waals surface area contributed by atoms with Crippen LogP contribution in [0.4, 0.5) is 5.69 Å². The maximum atomic E-state index is 13.2. The minimum atomic E-state index is -0.954. The summed E-state index contributed by atoms with van der Waals surface area (Å²) < 4.78 is 6.06. The van der Waals surface area contributed by atoms with Crippen LogP contribution in [0.15, 0.2) is 18.2 Å². The Kier molecular flexibility index (Phi) is 5.69. The van der Waals surface area contributed by atoms with Gasteiger partial charge in [0.05, 0.1) is 17.2 Å². The summed E-state index contributed by atoms with van der Waals surface area (Å²) in [6.07, 6.45) is 4.50. The fourth-order valence-corrected chi connectivity index (χ4v) is 5.00. The highest BCUT2D eigenvalue weighted by molar-refractivity contribution is 6.25. The third-order valence-corrected chi connectivity index (χ3v) is 6.95. The first-order valence-electron chi connectivity index (χ1n) is 11.4. The van der Waals surface area contributed by atoms with Gasteiger partial charge in [-0.25, -0.2) is 0 Å². The number of hydrogen-bond acceptors (Lipinski definition) is 7. The number of benzene rings is 1. The average Bonchev–Trinajstić information content (AvgIpc) is 3.01. The number of nitrogens with one attached hydrogen (secondary N) is 3. The van der Waals surface area contributed by atoms with Crippen LogP contribution >= 0.6 is 0 Å². The van der Waals surface area contributed by atoms with Gasteiger partial charge in [-0.3, -0.25) is 29.4 Å². The Morgan fingerprint density at radius 2 is 1.81 bits per heavy atom. The molecule has 2 saturated heterocycles. The van der Waals surface area contributed by atoms with E-state index in [9.17, 15) is 19.2 Å². The minimum Gasteiger partial charge on any atom is -0.381 e. The Labute approximate surface area is 186 Å². The van der Waals surface area contributed by atoms with Gasteiger partial charge in [-0.2, -0.15) is 0 Å². The number of hydrogen-bond donors (Lipinski definition) is 3. The Morgan fingerprint density at radius 1 is 1.03 bits per heavy atom. The molecule has 0 radical (unpaired) electrons. The van der Waals surface area contributed by atoms with Crippen molar-refractivity contribution in [3.63, 3.8) is 0 Å². The highest BCUT2D eigenvalue weighted by Gasteiger charge is 2.46. The Morgan fingerprint density at radius 3 is 2.56 bits per heavy atom. The highest BCUT2D eigenvalue weighted by Crippen LogP contribution is 2.35. The van der Waals surface area contributed by atoms with Crippen LogP contribution in [0.3, 0.4) is 0 Å². The Bertz CT molecular complexity index is 952. The number of amides is 4. The van der Waals surface area contributed by atoms with Crippen molar-refractivity contribution in [2.45, 2.75) is 56.7 Å². The number of piperidine rings is 2. The number of fused-ring (bicyclic) bond motifs is 1. The van der Waals surface area contributed by atoms with E-state index in [1.165, 1.54) is 0 Å². The van der Waals surface area contributed by atoms with Crippen molar-refractivity contribution in [3.05, 3.63) is 29.3 Å². The first-order valence-corrected chi connectivity index (χ1v) is 11.4. The zero-order valence-electron chi connectivity index (χ0n) is 17.9. The second kappa shape index (κ2) is 8.63. The molecule has 4 aliphatic rings. The molecule has 9 nitrogen and oxygen atoms in total. The van der Waals surface area contributed by atoms with E-state index >= 15 is 0 Å². The molecule has 0 bridgehead atoms. The predicted octanol–water partition coefficient (Wildman–Crippen LogP) is 1.05. The molecule has 0 aromatic heterocycles. The van der Waals surface area contributed by atoms with Crippen LogP contribution in [0, 0.1) is 5.92 Å². The van der Waals surface area contributed by atoms with Crippen LogP contribution in [0.25, 0.3) is 0 Å². The van der Waals surface area contributed by atoms with Gasteiger partial charge in [-0.05, 0) is 63.2 Å². The summed E-state index contributed by atoms with van der Waals surface area (Å²) in [6.45, 7) is 2.92. The van der Waals surface area contributed by atoms with E-state index in [4.69, 9.17) is 4.74 Å². The Balaban J connectivity index is 1.21. The van der Waals surface area contributed by atoms with Crippen molar-refractivity contribution in [1.29, 1.82) is 0 Å². The molecule has 1 aromatic carbocycles. The maximum absolute atomic E-state index is 13.2. The molecule has 32 heavy (non-hydrogen) atoms. The third-order valence-electron chi connectivity index (χ3n) is 6.95. The van der Waals surface area contributed by atoms with E-state index in [0.29, 0.717) is 22.7 Å². The van der Waals surface area contributed by atoms with Crippen LogP contribution in [0.1, 0.15) is 59.2 Å². The van der Waals surface area contributed by atoms with Crippen LogP contribution in [0.5, 0.6) is 0 Å². The molecule has 3 fully saturated rings. The van der Waals surface area contributed by atoms with E-state index in [0.717, 1.165) is 50.3 Å². The third kappa shape index (κ3) is 3.91. The topological polar surface area (TPSA) is 117 Å². The number of ether oxygens (including phenoxy) is 1. The first-order chi connectivity index (χ1) is 15.5. The van der Waals surface area contributed by atoms with Crippen LogP contribution in [-0.2, 0) is 14.3 Å². The molecule has 0 spiro atoms. The van der Waals surface area contributed by atoms with Crippen LogP contribution in [0.2, 0.25) is 0 Å². The molecule has 5 rings (SSSR count). The zero-order valence-corrected chi connectivity index (χ0v) is 17.9. The van der Waals surface area contributed by atoms with Gasteiger partial charge in [-0.15, -0.1) is 0 Å². The average molecular weight is 441 g/mol. The molecule has 1 unspecified atom stereocenters. The van der Waals surface area contributed by atoms with E-state index in [1.54, 1.807) is 18.2 Å². The second-order valence-corrected chi connectivity index (χ2v) is 9.14. The minimum absolute atomic E-state index is 0.107. The summed E-state index contributed by atoms with van der Waals surface area (Å²) in [7, 11) is 0. The number of anilines is 1. The number of carbonyl (C=O) groups excluding carboxylic acids is 4. The van der Waals surface area contributed by atoms with Crippen LogP contribution in [-0.4, -0.2) is 66.4 Å². The molecular weight excluding hydrogens is 412 g/mol. The number of nitrogens with zero attached hydrogens (tertiary/aromatic N) is 1. The second-order valence-electron chi connectivity index (χ2n) is 9.14. The monoisotopic (exact) mass is 440 g/mol. The van der Waals surface area contributed by atoms with Gasteiger partial charge in [0.25, 0.3) is 11.8 Å². The quantitative estimate of drug-likeness (QED) is 0.566. The van der Waals surface area contributed by atoms with Crippen molar-refractivity contribution in [2.24, 2.45) is 5.92 Å². The molecule has 170 valence electrons. The molecule has 3 N–H and O–H groups in total. The summed E-state index contributed by atoms with van der Waals surface area (Å²) in [5.41, 5.74) is 1.21. The first kappa shape index (κ1) is 21.1. The van der Waals surface area contributed by atoms with Crippen molar-refractivity contribution in [3.8, 4) is 0 Å². The summed E-state index contributed by atoms with van der Waals surface area (Å²) >= 11 is 0. The fourth-order valence-electron chi connectivity index (χ4n) is 5.00. The predicted molar refractivity (Wildman–Crippen MR) is 115 cm³/mol. The molecule has 4 amide bonds.